The quantitative estimate of drug-likeness (QED) is 0.101. The predicted octanol–water partition coefficient (Wildman–Crippen LogP) is -1.79. The van der Waals surface area contributed by atoms with Crippen LogP contribution in [0.4, 0.5) is 0 Å². The number of aliphatic hydroxyl groups is 10. The Bertz CT molecular complexity index is 1960. The van der Waals surface area contributed by atoms with Crippen molar-refractivity contribution in [1.29, 1.82) is 0 Å². The molecule has 314 valence electrons. The molecule has 12 N–H and O–H groups in total. The average Bonchev–Trinajstić information content (AvgIpc) is 3.17. The van der Waals surface area contributed by atoms with Crippen LogP contribution in [0.5, 0.6) is 23.0 Å². The molecule has 0 bridgehead atoms. The number of phenols is 2. The Morgan fingerprint density at radius 2 is 1.47 bits per heavy atom. The molecule has 15 atom stereocenters. The summed E-state index contributed by atoms with van der Waals surface area (Å²) in [5.41, 5.74) is -0.0617. The molecule has 3 aromatic rings. The number of hydrogen-bond donors (Lipinski definition) is 12. The van der Waals surface area contributed by atoms with E-state index < -0.39 is 121 Å². The van der Waals surface area contributed by atoms with Crippen molar-refractivity contribution in [2.24, 2.45) is 5.92 Å². The van der Waals surface area contributed by atoms with Gasteiger partial charge in [0.25, 0.3) is 0 Å². The van der Waals surface area contributed by atoms with E-state index in [1.54, 1.807) is 19.9 Å². The maximum atomic E-state index is 14.6. The van der Waals surface area contributed by atoms with Gasteiger partial charge < -0.3 is 89.4 Å². The third-order valence-corrected chi connectivity index (χ3v) is 10.5. The number of ether oxygens (including phenoxy) is 5. The molecule has 2 aliphatic heterocycles. The highest BCUT2D eigenvalue weighted by atomic mass is 16.8. The van der Waals surface area contributed by atoms with Crippen LogP contribution in [0.2, 0.25) is 0 Å². The van der Waals surface area contributed by atoms with Gasteiger partial charge in [-0.15, -0.1) is 0 Å². The number of hydrogen-bond acceptors (Lipinski definition) is 19. The first kappa shape index (κ1) is 42.7. The van der Waals surface area contributed by atoms with E-state index in [9.17, 15) is 66.1 Å². The van der Waals surface area contributed by atoms with E-state index in [1.165, 1.54) is 31.2 Å². The molecule has 2 aromatic carbocycles. The van der Waals surface area contributed by atoms with E-state index in [0.717, 1.165) is 11.6 Å². The van der Waals surface area contributed by atoms with Crippen molar-refractivity contribution in [2.75, 3.05) is 6.61 Å². The second-order valence-electron chi connectivity index (χ2n) is 14.8. The van der Waals surface area contributed by atoms with Gasteiger partial charge in [0, 0.05) is 29.7 Å². The lowest BCUT2D eigenvalue weighted by Gasteiger charge is -2.44. The van der Waals surface area contributed by atoms with Crippen LogP contribution in [-0.2, 0) is 20.6 Å². The van der Waals surface area contributed by atoms with E-state index in [0.29, 0.717) is 0 Å². The molecule has 19 nitrogen and oxygen atoms in total. The average molecular weight is 809 g/mol. The van der Waals surface area contributed by atoms with Gasteiger partial charge in [0.15, 0.2) is 24.4 Å². The summed E-state index contributed by atoms with van der Waals surface area (Å²) in [6.07, 6.45) is -22.5. The lowest BCUT2D eigenvalue weighted by atomic mass is 9.81. The number of fused-ring (bicyclic) bond motifs is 1. The van der Waals surface area contributed by atoms with Crippen LogP contribution in [0, 0.1) is 5.92 Å². The molecular formula is C38H48O19. The van der Waals surface area contributed by atoms with Crippen LogP contribution in [0.15, 0.2) is 51.2 Å². The molecule has 1 aromatic heterocycles. The lowest BCUT2D eigenvalue weighted by molar-refractivity contribution is -0.377. The van der Waals surface area contributed by atoms with Crippen molar-refractivity contribution in [2.45, 2.75) is 120 Å². The van der Waals surface area contributed by atoms with Gasteiger partial charge in [-0.2, -0.15) is 0 Å². The van der Waals surface area contributed by atoms with Crippen molar-refractivity contribution in [3.05, 3.63) is 57.8 Å². The summed E-state index contributed by atoms with van der Waals surface area (Å²) in [4.78, 5) is 14.6. The Morgan fingerprint density at radius 1 is 0.807 bits per heavy atom. The summed E-state index contributed by atoms with van der Waals surface area (Å²) < 4.78 is 35.3. The van der Waals surface area contributed by atoms with Crippen LogP contribution in [0.3, 0.4) is 0 Å². The third-order valence-electron chi connectivity index (χ3n) is 10.5. The standard InChI is InChI=1S/C38H48O19/c1-13(2)4-9-18-20(53-21-10-16(12-39)24(43)27(46)25(21)44)11-19(41)22-26(45)34(32(54-33(18)22)15-5-7-17(40)8-6-15)55-38-35(29(48)23(42)14(3)52-38)56-37-31(50)28(47)30(49)36(51)57-37/h4-8,11,14,16,21,23-25,27-31,35-44,46-51H,9-10,12H2,1-3H3/t14-,16+,21+,23-,24+,25-,27-,28-,29+,30-,31+,35+,36-,37+,38-/m0/s1. The number of aromatic hydroxyl groups is 2. The molecule has 19 heteroatoms. The fourth-order valence-corrected chi connectivity index (χ4v) is 7.07. The fourth-order valence-electron chi connectivity index (χ4n) is 7.07. The summed E-state index contributed by atoms with van der Waals surface area (Å²) in [7, 11) is 0. The first-order chi connectivity index (χ1) is 26.9. The topological polar surface area (TPSA) is 319 Å². The molecule has 3 aliphatic rings. The molecule has 6 rings (SSSR count). The molecule has 0 spiro atoms. The first-order valence-electron chi connectivity index (χ1n) is 18.2. The highest BCUT2D eigenvalue weighted by Crippen LogP contribution is 2.42. The molecule has 2 saturated heterocycles. The molecule has 57 heavy (non-hydrogen) atoms. The minimum atomic E-state index is -2.04. The van der Waals surface area contributed by atoms with Crippen LogP contribution in [0.1, 0.15) is 32.8 Å². The van der Waals surface area contributed by atoms with Gasteiger partial charge in [-0.25, -0.2) is 0 Å². The van der Waals surface area contributed by atoms with Gasteiger partial charge in [-0.1, -0.05) is 11.6 Å². The summed E-state index contributed by atoms with van der Waals surface area (Å²) in [6.45, 7) is 4.45. The van der Waals surface area contributed by atoms with Crippen LogP contribution < -0.4 is 14.9 Å². The van der Waals surface area contributed by atoms with E-state index in [-0.39, 0.29) is 46.8 Å². The third kappa shape index (κ3) is 8.35. The van der Waals surface area contributed by atoms with Gasteiger partial charge in [0.2, 0.25) is 17.5 Å². The van der Waals surface area contributed by atoms with Crippen molar-refractivity contribution in [3.63, 3.8) is 0 Å². The molecule has 0 amide bonds. The Labute approximate surface area is 324 Å². The molecular weight excluding hydrogens is 760 g/mol. The minimum Gasteiger partial charge on any atom is -0.508 e. The molecule has 0 unspecified atom stereocenters. The second-order valence-corrected chi connectivity index (χ2v) is 14.8. The zero-order valence-electron chi connectivity index (χ0n) is 31.0. The number of phenolic OH excluding ortho intramolecular Hbond substituents is 2. The highest BCUT2D eigenvalue weighted by molar-refractivity contribution is 5.91. The van der Waals surface area contributed by atoms with Gasteiger partial charge >= 0.3 is 0 Å². The summed E-state index contributed by atoms with van der Waals surface area (Å²) in [5.74, 6) is -2.73. The first-order valence-corrected chi connectivity index (χ1v) is 18.2. The highest BCUT2D eigenvalue weighted by Gasteiger charge is 2.51. The second kappa shape index (κ2) is 17.1. The zero-order chi connectivity index (χ0) is 41.6. The SMILES string of the molecule is CC(C)=CCc1c(O[C@@H]2C[C@H](CO)[C@@H](O)[C@H](O)[C@H]2O)cc(O)c2c(=O)c(O[C@@H]3O[C@@H](C)[C@H](O)[C@@H](O)[C@H]3O[C@@H]3O[C@H](O)[C@@H](O)[C@H](O)[C@H]3O)c(-c3ccc(O)cc3)oc12. The van der Waals surface area contributed by atoms with Crippen molar-refractivity contribution in [3.8, 4) is 34.3 Å². The summed E-state index contributed by atoms with van der Waals surface area (Å²) >= 11 is 0. The molecule has 3 heterocycles. The fraction of sp³-hybridized carbons (Fsp3) is 0.553. The minimum absolute atomic E-state index is 0.0311. The van der Waals surface area contributed by atoms with E-state index in [2.05, 4.69) is 0 Å². The lowest BCUT2D eigenvalue weighted by Crippen LogP contribution is -2.64. The van der Waals surface area contributed by atoms with Gasteiger partial charge in [0.05, 0.1) is 12.2 Å². The summed E-state index contributed by atoms with van der Waals surface area (Å²) in [5, 5.41) is 125. The number of aliphatic hydroxyl groups excluding tert-OH is 10. The molecule has 1 saturated carbocycles. The van der Waals surface area contributed by atoms with E-state index in [1.807, 2.05) is 0 Å². The van der Waals surface area contributed by atoms with E-state index >= 15 is 0 Å². The van der Waals surface area contributed by atoms with Crippen LogP contribution in [0.25, 0.3) is 22.3 Å². The largest absolute Gasteiger partial charge is 0.508 e. The van der Waals surface area contributed by atoms with Crippen molar-refractivity contribution in [1.82, 2.24) is 0 Å². The normalized spacial score (nSPS) is 35.8. The molecule has 1 aliphatic carbocycles. The van der Waals surface area contributed by atoms with Gasteiger partial charge in [-0.3, -0.25) is 4.79 Å². The Hall–Kier alpha value is -3.93. The van der Waals surface area contributed by atoms with Gasteiger partial charge in [-0.05, 0) is 57.9 Å². The number of benzene rings is 2. The zero-order valence-corrected chi connectivity index (χ0v) is 31.0. The monoisotopic (exact) mass is 808 g/mol. The number of allylic oxidation sites excluding steroid dienone is 2. The van der Waals surface area contributed by atoms with E-state index in [4.69, 9.17) is 28.1 Å². The molecule has 0 radical (unpaired) electrons. The van der Waals surface area contributed by atoms with Crippen molar-refractivity contribution < 1.29 is 89.4 Å². The van der Waals surface area contributed by atoms with Crippen LogP contribution in [-0.4, -0.2) is 154 Å². The number of rotatable bonds is 10. The Morgan fingerprint density at radius 3 is 2.12 bits per heavy atom. The summed E-state index contributed by atoms with van der Waals surface area (Å²) in [6, 6.07) is 6.40. The Kier molecular flexibility index (Phi) is 12.8. The van der Waals surface area contributed by atoms with Gasteiger partial charge in [0.1, 0.15) is 77.0 Å². The molecule has 3 fully saturated rings. The van der Waals surface area contributed by atoms with Crippen molar-refractivity contribution >= 4 is 11.0 Å². The maximum Gasteiger partial charge on any atom is 0.239 e. The van der Waals surface area contributed by atoms with Crippen LogP contribution >= 0.6 is 0 Å². The predicted molar refractivity (Wildman–Crippen MR) is 193 cm³/mol. The smallest absolute Gasteiger partial charge is 0.239 e. The maximum absolute atomic E-state index is 14.6. The Balaban J connectivity index is 1.50.